The van der Waals surface area contributed by atoms with Crippen LogP contribution >= 0.6 is 0 Å². The van der Waals surface area contributed by atoms with E-state index in [1.54, 1.807) is 24.8 Å². The summed E-state index contributed by atoms with van der Waals surface area (Å²) in [7, 11) is -0.801. The smallest absolute Gasteiger partial charge is 0.399 e. The van der Waals surface area contributed by atoms with Crippen LogP contribution in [0.4, 0.5) is 0 Å². The van der Waals surface area contributed by atoms with Gasteiger partial charge in [-0.3, -0.25) is 9.89 Å². The highest BCUT2D eigenvalue weighted by molar-refractivity contribution is 6.62. The zero-order chi connectivity index (χ0) is 27.8. The SMILES string of the molecule is CC1(C)OB(c2cn[nH]c2)OC1(C)C.CC1(C)OB(c2cnn(C(=O)CCc3ccccc3)c2)OC1(C)C. The third kappa shape index (κ3) is 5.96. The highest BCUT2D eigenvalue weighted by Crippen LogP contribution is 2.37. The molecule has 202 valence electrons. The van der Waals surface area contributed by atoms with E-state index >= 15 is 0 Å². The molecule has 0 atom stereocenters. The Bertz CT molecular complexity index is 1190. The summed E-state index contributed by atoms with van der Waals surface area (Å²) in [6, 6.07) is 9.96. The van der Waals surface area contributed by atoms with E-state index in [0.717, 1.165) is 16.5 Å². The number of H-pyrrole nitrogens is 1. The highest BCUT2D eigenvalue weighted by Gasteiger charge is 2.53. The first-order chi connectivity index (χ1) is 17.7. The van der Waals surface area contributed by atoms with Crippen molar-refractivity contribution in [2.24, 2.45) is 0 Å². The van der Waals surface area contributed by atoms with Crippen LogP contribution < -0.4 is 10.9 Å². The van der Waals surface area contributed by atoms with Crippen molar-refractivity contribution in [1.29, 1.82) is 0 Å². The van der Waals surface area contributed by atoms with Gasteiger partial charge in [0.1, 0.15) is 0 Å². The number of aromatic amines is 1. The maximum atomic E-state index is 12.3. The number of carbonyl (C=O) groups is 1. The minimum Gasteiger partial charge on any atom is -0.399 e. The van der Waals surface area contributed by atoms with Gasteiger partial charge in [-0.2, -0.15) is 10.2 Å². The Kier molecular flexibility index (Phi) is 7.78. The Morgan fingerprint density at radius 2 is 1.34 bits per heavy atom. The number of benzene rings is 1. The third-order valence-corrected chi connectivity index (χ3v) is 7.90. The van der Waals surface area contributed by atoms with Gasteiger partial charge in [-0.1, -0.05) is 30.3 Å². The van der Waals surface area contributed by atoms with Crippen molar-refractivity contribution in [2.75, 3.05) is 0 Å². The molecule has 11 heteroatoms. The van der Waals surface area contributed by atoms with E-state index < -0.39 is 18.3 Å². The zero-order valence-corrected chi connectivity index (χ0v) is 23.6. The molecule has 38 heavy (non-hydrogen) atoms. The normalized spacial score (nSPS) is 20.7. The maximum Gasteiger partial charge on any atom is 0.498 e. The molecule has 2 saturated heterocycles. The highest BCUT2D eigenvalue weighted by atomic mass is 16.7. The Hall–Kier alpha value is -2.72. The van der Waals surface area contributed by atoms with Gasteiger partial charge in [0, 0.05) is 42.1 Å². The zero-order valence-electron chi connectivity index (χ0n) is 23.6. The molecule has 2 aliphatic heterocycles. The summed E-state index contributed by atoms with van der Waals surface area (Å²) in [5.41, 5.74) is 1.47. The van der Waals surface area contributed by atoms with Crippen molar-refractivity contribution in [3.63, 3.8) is 0 Å². The number of rotatable bonds is 5. The number of aromatic nitrogens is 4. The van der Waals surface area contributed by atoms with Crippen LogP contribution in [-0.2, 0) is 25.0 Å². The Labute approximate surface area is 225 Å². The summed E-state index contributed by atoms with van der Waals surface area (Å²) in [4.78, 5) is 12.3. The molecule has 2 fully saturated rings. The first-order valence-corrected chi connectivity index (χ1v) is 13.0. The first kappa shape index (κ1) is 28.3. The van der Waals surface area contributed by atoms with E-state index in [1.165, 1.54) is 4.68 Å². The van der Waals surface area contributed by atoms with Crippen molar-refractivity contribution in [3.05, 3.63) is 60.7 Å². The Morgan fingerprint density at radius 3 is 1.84 bits per heavy atom. The van der Waals surface area contributed by atoms with E-state index in [-0.39, 0.29) is 24.2 Å². The lowest BCUT2D eigenvalue weighted by molar-refractivity contribution is 0.00578. The monoisotopic (exact) mass is 520 g/mol. The topological polar surface area (TPSA) is 100 Å². The van der Waals surface area contributed by atoms with Crippen LogP contribution in [0, 0.1) is 0 Å². The molecule has 1 N–H and O–H groups in total. The molecule has 0 spiro atoms. The summed E-state index contributed by atoms with van der Waals surface area (Å²) in [5, 5.41) is 10.8. The molecule has 2 aromatic heterocycles. The van der Waals surface area contributed by atoms with Crippen LogP contribution in [0.15, 0.2) is 55.1 Å². The largest absolute Gasteiger partial charge is 0.498 e. The second kappa shape index (κ2) is 10.4. The molecule has 0 saturated carbocycles. The van der Waals surface area contributed by atoms with Crippen molar-refractivity contribution in [1.82, 2.24) is 20.0 Å². The Balaban J connectivity index is 0.000000204. The molecule has 5 rings (SSSR count). The third-order valence-electron chi connectivity index (χ3n) is 7.90. The van der Waals surface area contributed by atoms with Gasteiger partial charge in [-0.05, 0) is 67.4 Å². The molecule has 0 aliphatic carbocycles. The molecule has 1 aromatic carbocycles. The number of nitrogens with zero attached hydrogens (tertiary/aromatic N) is 3. The van der Waals surface area contributed by atoms with E-state index in [2.05, 4.69) is 15.3 Å². The molecular weight excluding hydrogens is 482 g/mol. The van der Waals surface area contributed by atoms with Crippen LogP contribution in [0.3, 0.4) is 0 Å². The average molecular weight is 520 g/mol. The quantitative estimate of drug-likeness (QED) is 0.516. The lowest BCUT2D eigenvalue weighted by Gasteiger charge is -2.32. The van der Waals surface area contributed by atoms with Gasteiger partial charge >= 0.3 is 14.2 Å². The summed E-state index contributed by atoms with van der Waals surface area (Å²) in [5.74, 6) is -0.0402. The van der Waals surface area contributed by atoms with Crippen LogP contribution in [0.1, 0.15) is 72.2 Å². The molecular formula is C27H38B2N4O5. The molecule has 3 aromatic rings. The second-order valence-electron chi connectivity index (χ2n) is 11.8. The maximum absolute atomic E-state index is 12.3. The molecule has 9 nitrogen and oxygen atoms in total. The van der Waals surface area contributed by atoms with Crippen LogP contribution in [-0.4, -0.2) is 62.5 Å². The van der Waals surface area contributed by atoms with Crippen LogP contribution in [0.25, 0.3) is 0 Å². The van der Waals surface area contributed by atoms with Gasteiger partial charge < -0.3 is 18.6 Å². The molecule has 0 radical (unpaired) electrons. The molecule has 4 heterocycles. The fourth-order valence-electron chi connectivity index (χ4n) is 3.95. The number of aryl methyl sites for hydroxylation is 1. The van der Waals surface area contributed by atoms with Crippen molar-refractivity contribution < 1.29 is 23.4 Å². The van der Waals surface area contributed by atoms with Crippen LogP contribution in [0.5, 0.6) is 0 Å². The molecule has 0 amide bonds. The Morgan fingerprint density at radius 1 is 0.816 bits per heavy atom. The predicted molar refractivity (Wildman–Crippen MR) is 148 cm³/mol. The number of hydrogen-bond acceptors (Lipinski definition) is 7. The van der Waals surface area contributed by atoms with E-state index in [1.807, 2.05) is 85.7 Å². The average Bonchev–Trinajstić information content (AvgIpc) is 3.61. The molecule has 2 aliphatic rings. The van der Waals surface area contributed by atoms with Gasteiger partial charge in [0.15, 0.2) is 0 Å². The number of carbonyl (C=O) groups excluding carboxylic acids is 1. The summed E-state index contributed by atoms with van der Waals surface area (Å²) in [6.45, 7) is 16.1. The van der Waals surface area contributed by atoms with Crippen molar-refractivity contribution in [3.8, 4) is 0 Å². The minimum absolute atomic E-state index is 0.0402. The fraction of sp³-hybridized carbons (Fsp3) is 0.519. The second-order valence-corrected chi connectivity index (χ2v) is 11.8. The summed E-state index contributed by atoms with van der Waals surface area (Å²) >= 11 is 0. The van der Waals surface area contributed by atoms with Gasteiger partial charge in [-0.15, -0.1) is 0 Å². The lowest BCUT2D eigenvalue weighted by atomic mass is 9.82. The first-order valence-electron chi connectivity index (χ1n) is 13.0. The standard InChI is InChI=1S/C18H23BN2O3.C9H15BN2O2/c1-17(2)18(3,4)24-19(23-17)15-12-20-21(13-15)16(22)11-10-14-8-6-5-7-9-14;1-8(2)9(3,4)14-10(13-8)7-5-11-12-6-7/h5-9,12-13H,10-11H2,1-4H3;5-6H,1-4H3,(H,11,12). The van der Waals surface area contributed by atoms with Crippen molar-refractivity contribution >= 4 is 31.1 Å². The summed E-state index contributed by atoms with van der Waals surface area (Å²) < 4.78 is 25.0. The van der Waals surface area contributed by atoms with Gasteiger partial charge in [0.2, 0.25) is 5.91 Å². The fourth-order valence-corrected chi connectivity index (χ4v) is 3.95. The van der Waals surface area contributed by atoms with E-state index in [4.69, 9.17) is 18.6 Å². The minimum atomic E-state index is -0.495. The van der Waals surface area contributed by atoms with Gasteiger partial charge in [0.05, 0.1) is 22.4 Å². The van der Waals surface area contributed by atoms with Crippen molar-refractivity contribution in [2.45, 2.75) is 90.6 Å². The van der Waals surface area contributed by atoms with Crippen LogP contribution in [0.2, 0.25) is 0 Å². The number of nitrogens with one attached hydrogen (secondary N) is 1. The van der Waals surface area contributed by atoms with Gasteiger partial charge in [0.25, 0.3) is 0 Å². The lowest BCUT2D eigenvalue weighted by Crippen LogP contribution is -2.41. The molecule has 0 unspecified atom stereocenters. The predicted octanol–water partition coefficient (Wildman–Crippen LogP) is 3.16. The summed E-state index contributed by atoms with van der Waals surface area (Å²) in [6.07, 6.45) is 7.97. The molecule has 0 bridgehead atoms. The van der Waals surface area contributed by atoms with Gasteiger partial charge in [-0.25, -0.2) is 4.68 Å². The van der Waals surface area contributed by atoms with E-state index in [9.17, 15) is 4.79 Å². The van der Waals surface area contributed by atoms with E-state index in [0.29, 0.717) is 12.8 Å². The number of hydrogen-bond donors (Lipinski definition) is 1.